The summed E-state index contributed by atoms with van der Waals surface area (Å²) < 4.78 is 39.7. The summed E-state index contributed by atoms with van der Waals surface area (Å²) in [6.07, 6.45) is 13.2. The number of carboxylic acids is 1. The minimum Gasteiger partial charge on any atom is -0.508 e. The molecule has 0 amide bonds. The van der Waals surface area contributed by atoms with Gasteiger partial charge in [0.1, 0.15) is 22.9 Å². The van der Waals surface area contributed by atoms with E-state index in [1.165, 1.54) is 18.2 Å². The van der Waals surface area contributed by atoms with Gasteiger partial charge in [0, 0.05) is 71.1 Å². The summed E-state index contributed by atoms with van der Waals surface area (Å²) in [6.45, 7) is 2.47. The summed E-state index contributed by atoms with van der Waals surface area (Å²) in [5.74, 6) is 0.273. The number of carboxylic acid groups (broad SMARTS) is 1. The number of rotatable bonds is 8. The average Bonchev–Trinajstić information content (AvgIpc) is 3.74. The van der Waals surface area contributed by atoms with Crippen molar-refractivity contribution in [3.63, 3.8) is 0 Å². The molecule has 258 valence electrons. The van der Waals surface area contributed by atoms with Crippen LogP contribution in [0.1, 0.15) is 56.9 Å². The number of aromatic hydroxyl groups is 1. The molecule has 9 nitrogen and oxygen atoms in total. The van der Waals surface area contributed by atoms with Gasteiger partial charge in [-0.05, 0) is 81.0 Å². The monoisotopic (exact) mass is 679 g/mol. The van der Waals surface area contributed by atoms with Crippen LogP contribution in [0.4, 0.5) is 14.6 Å². The predicted octanol–water partition coefficient (Wildman–Crippen LogP) is 5.84. The van der Waals surface area contributed by atoms with E-state index >= 15 is 8.78 Å². The highest BCUT2D eigenvalue weighted by atomic mass is 19.1. The summed E-state index contributed by atoms with van der Waals surface area (Å²) in [5, 5.41) is 25.1. The summed E-state index contributed by atoms with van der Waals surface area (Å²) in [4.78, 5) is 25.8. The van der Waals surface area contributed by atoms with Crippen LogP contribution in [0.15, 0.2) is 36.4 Å². The molecular weight excluding hydrogens is 640 g/mol. The number of carbonyl (C=O) groups is 1. The fourth-order valence-corrected chi connectivity index (χ4v) is 9.28. The third-order valence-corrected chi connectivity index (χ3v) is 12.0. The number of halogens is 2. The zero-order valence-corrected chi connectivity index (χ0v) is 27.7. The van der Waals surface area contributed by atoms with E-state index in [1.807, 2.05) is 0 Å². The number of hydrogen-bond acceptors (Lipinski definition) is 8. The minimum absolute atomic E-state index is 0.0405. The molecule has 4 unspecified atom stereocenters. The Labute approximate surface area is 288 Å². The van der Waals surface area contributed by atoms with Crippen LogP contribution in [0, 0.1) is 35.3 Å². The Morgan fingerprint density at radius 3 is 2.48 bits per heavy atom. The first kappa shape index (κ1) is 31.5. The number of phenolic OH excluding ortho intramolecular Hbond substituents is 1. The molecule has 4 aromatic rings. The first-order chi connectivity index (χ1) is 24.2. The summed E-state index contributed by atoms with van der Waals surface area (Å²) in [7, 11) is 0. The van der Waals surface area contributed by atoms with Crippen molar-refractivity contribution in [2.75, 3.05) is 31.1 Å². The Bertz CT molecular complexity index is 2070. The molecule has 5 heterocycles. The van der Waals surface area contributed by atoms with Crippen LogP contribution in [0.25, 0.3) is 32.8 Å². The number of phenols is 1. The van der Waals surface area contributed by atoms with E-state index in [-0.39, 0.29) is 69.3 Å². The molecule has 9 rings (SSSR count). The molecule has 50 heavy (non-hydrogen) atoms. The van der Waals surface area contributed by atoms with Gasteiger partial charge in [0.05, 0.1) is 18.1 Å². The molecule has 3 aromatic carbocycles. The first-order valence-electron chi connectivity index (χ1n) is 17.7. The molecule has 0 radical (unpaired) electrons. The average molecular weight is 680 g/mol. The number of anilines is 1. The second kappa shape index (κ2) is 11.8. The second-order valence-corrected chi connectivity index (χ2v) is 15.2. The molecular formula is C39H39F2N5O4. The minimum atomic E-state index is -0.871. The number of ether oxygens (including phenoxy) is 1. The topological polar surface area (TPSA) is 111 Å². The van der Waals surface area contributed by atoms with Crippen molar-refractivity contribution >= 4 is 33.5 Å². The van der Waals surface area contributed by atoms with Crippen LogP contribution in [-0.2, 0) is 4.79 Å². The lowest BCUT2D eigenvalue weighted by atomic mass is 9.89. The molecule has 4 atom stereocenters. The number of aromatic nitrogens is 2. The van der Waals surface area contributed by atoms with Gasteiger partial charge < -0.3 is 25.2 Å². The number of hydrogen-bond donors (Lipinski definition) is 3. The van der Waals surface area contributed by atoms with Crippen molar-refractivity contribution in [3.8, 4) is 35.2 Å². The van der Waals surface area contributed by atoms with Crippen molar-refractivity contribution in [2.24, 2.45) is 11.3 Å². The number of nitrogens with one attached hydrogen (secondary N) is 1. The van der Waals surface area contributed by atoms with E-state index in [2.05, 4.69) is 26.0 Å². The van der Waals surface area contributed by atoms with Crippen molar-refractivity contribution in [1.29, 1.82) is 0 Å². The quantitative estimate of drug-likeness (QED) is 0.198. The first-order valence-corrected chi connectivity index (χ1v) is 17.7. The highest BCUT2D eigenvalue weighted by molar-refractivity contribution is 6.04. The lowest BCUT2D eigenvalue weighted by molar-refractivity contribution is -0.144. The third-order valence-electron chi connectivity index (χ3n) is 12.0. The number of nitrogens with zero attached hydrogens (tertiary/aromatic N) is 4. The van der Waals surface area contributed by atoms with E-state index < -0.39 is 17.6 Å². The van der Waals surface area contributed by atoms with Crippen LogP contribution in [0.3, 0.4) is 0 Å². The number of terminal acetylenes is 1. The normalized spacial score (nSPS) is 26.7. The largest absolute Gasteiger partial charge is 0.508 e. The van der Waals surface area contributed by atoms with E-state index in [1.54, 1.807) is 18.2 Å². The summed E-state index contributed by atoms with van der Waals surface area (Å²) >= 11 is 0. The molecule has 5 aliphatic rings. The molecule has 5 fully saturated rings. The maximum atomic E-state index is 17.0. The van der Waals surface area contributed by atoms with E-state index in [4.69, 9.17) is 16.1 Å². The molecule has 1 saturated carbocycles. The molecule has 1 aliphatic carbocycles. The van der Waals surface area contributed by atoms with Gasteiger partial charge in [0.2, 0.25) is 0 Å². The van der Waals surface area contributed by atoms with Crippen LogP contribution in [0.2, 0.25) is 0 Å². The number of fused-ring (bicyclic) bond motifs is 6. The number of piperazine rings is 1. The highest BCUT2D eigenvalue weighted by Gasteiger charge is 2.51. The maximum absolute atomic E-state index is 17.0. The van der Waals surface area contributed by atoms with Crippen LogP contribution < -0.4 is 15.0 Å². The number of benzene rings is 3. The fourth-order valence-electron chi connectivity index (χ4n) is 9.28. The molecule has 4 bridgehead atoms. The lowest BCUT2D eigenvalue weighted by Gasteiger charge is -2.39. The number of piperidine rings is 1. The van der Waals surface area contributed by atoms with Gasteiger partial charge in [-0.25, -0.2) is 8.78 Å². The van der Waals surface area contributed by atoms with Gasteiger partial charge >= 0.3 is 12.0 Å². The predicted molar refractivity (Wildman–Crippen MR) is 185 cm³/mol. The smallest absolute Gasteiger partial charge is 0.319 e. The molecule has 4 saturated heterocycles. The molecule has 0 spiro atoms. The Kier molecular flexibility index (Phi) is 7.41. The standard InChI is InChI=1S/C39H39F2N5O4/c1-2-21-4-3-5-22-14-28(47)15-29(32(21)22)33-31(40)16-30-35(34(33)41)43-38(44-36(30)45-17-24-6-7-25(18-45)42-24)50-20-39(10-11-39)19-46-26-8-9-27(46)13-23(12-26)37(48)49/h1,3-5,14-16,23-27,42,47H,6-13,17-20H2,(H,48,49). The number of aliphatic carboxylic acids is 1. The van der Waals surface area contributed by atoms with Crippen molar-refractivity contribution < 1.29 is 28.5 Å². The summed E-state index contributed by atoms with van der Waals surface area (Å²) in [5.41, 5.74) is 0.112. The van der Waals surface area contributed by atoms with Crippen molar-refractivity contribution in [1.82, 2.24) is 20.2 Å². The van der Waals surface area contributed by atoms with Crippen LogP contribution in [0.5, 0.6) is 11.8 Å². The zero-order valence-electron chi connectivity index (χ0n) is 27.7. The van der Waals surface area contributed by atoms with Gasteiger partial charge in [0.15, 0.2) is 5.82 Å². The highest BCUT2D eigenvalue weighted by Crippen LogP contribution is 2.50. The van der Waals surface area contributed by atoms with E-state index in [0.717, 1.165) is 45.1 Å². The SMILES string of the molecule is C#Cc1cccc2cc(O)cc(-c3c(F)cc4c(N5CC6CCC(C5)N6)nc(OCC5(CN6C7CCC6CC(C(=O)O)C7)CC5)nc4c3F)c12. The Morgan fingerprint density at radius 1 is 1.06 bits per heavy atom. The van der Waals surface area contributed by atoms with E-state index in [9.17, 15) is 15.0 Å². The Balaban J connectivity index is 1.10. The maximum Gasteiger partial charge on any atom is 0.319 e. The fraction of sp³-hybridized carbons (Fsp3) is 0.462. The molecule has 4 aliphatic heterocycles. The van der Waals surface area contributed by atoms with Gasteiger partial charge in [-0.1, -0.05) is 18.1 Å². The van der Waals surface area contributed by atoms with Gasteiger partial charge in [-0.15, -0.1) is 6.42 Å². The van der Waals surface area contributed by atoms with Crippen LogP contribution >= 0.6 is 0 Å². The van der Waals surface area contributed by atoms with E-state index in [0.29, 0.717) is 54.7 Å². The molecule has 11 heteroatoms. The lowest BCUT2D eigenvalue weighted by Crippen LogP contribution is -2.51. The van der Waals surface area contributed by atoms with Gasteiger partial charge in [-0.3, -0.25) is 9.69 Å². The van der Waals surface area contributed by atoms with Gasteiger partial charge in [-0.2, -0.15) is 9.97 Å². The second-order valence-electron chi connectivity index (χ2n) is 15.2. The van der Waals surface area contributed by atoms with Crippen molar-refractivity contribution in [2.45, 2.75) is 75.5 Å². The Hall–Kier alpha value is -4.53. The molecule has 1 aromatic heterocycles. The van der Waals surface area contributed by atoms with Crippen LogP contribution in [-0.4, -0.2) is 81.5 Å². The van der Waals surface area contributed by atoms with Crippen molar-refractivity contribution in [3.05, 3.63) is 53.6 Å². The zero-order chi connectivity index (χ0) is 34.3. The van der Waals surface area contributed by atoms with Gasteiger partial charge in [0.25, 0.3) is 0 Å². The summed E-state index contributed by atoms with van der Waals surface area (Å²) in [6, 6.07) is 10.4. The molecule has 3 N–H and O–H groups in total. The third kappa shape index (κ3) is 5.31. The Morgan fingerprint density at radius 2 is 1.80 bits per heavy atom.